The normalized spacial score (nSPS) is 22.0. The van der Waals surface area contributed by atoms with Crippen molar-refractivity contribution in [3.63, 3.8) is 0 Å². The number of carboxylic acids is 2. The molecule has 23 heavy (non-hydrogen) atoms. The molecule has 138 valence electrons. The van der Waals surface area contributed by atoms with E-state index in [0.717, 1.165) is 12.8 Å². The minimum Gasteiger partial charge on any atom is -0.676 e. The zero-order chi connectivity index (χ0) is 17.7. The summed E-state index contributed by atoms with van der Waals surface area (Å²) < 4.78 is 0. The van der Waals surface area contributed by atoms with E-state index in [1.807, 2.05) is 0 Å². The number of carbonyl (C=O) groups excluding carboxylic acids is 2. The monoisotopic (exact) mass is 517 g/mol. The van der Waals surface area contributed by atoms with Gasteiger partial charge in [-0.2, -0.15) is 12.1 Å². The van der Waals surface area contributed by atoms with Gasteiger partial charge in [-0.15, -0.1) is 0 Å². The maximum Gasteiger partial charge on any atom is 4.00 e. The van der Waals surface area contributed by atoms with E-state index in [9.17, 15) is 19.8 Å². The summed E-state index contributed by atoms with van der Waals surface area (Å²) in [7, 11) is 0. The van der Waals surface area contributed by atoms with Gasteiger partial charge in [0, 0.05) is 0 Å². The van der Waals surface area contributed by atoms with Gasteiger partial charge in [0.15, 0.2) is 0 Å². The molecule has 0 aromatic heterocycles. The molecule has 0 heterocycles. The number of rotatable bonds is 4. The van der Waals surface area contributed by atoms with E-state index >= 15 is 0 Å². The van der Waals surface area contributed by atoms with E-state index in [0.29, 0.717) is 0 Å². The molecule has 0 radical (unpaired) electrons. The van der Waals surface area contributed by atoms with Crippen molar-refractivity contribution < 1.29 is 61.3 Å². The predicted molar refractivity (Wildman–Crippen MR) is 70.9 cm³/mol. The minimum atomic E-state index is -1.74. The number of aliphatic hydroxyl groups is 4. The fraction of sp³-hybridized carbons (Fsp3) is 0.833. The zero-order valence-corrected chi connectivity index (χ0v) is 14.6. The van der Waals surface area contributed by atoms with Crippen molar-refractivity contribution in [1.29, 1.82) is 0 Å². The molecule has 0 saturated heterocycles. The van der Waals surface area contributed by atoms with Crippen LogP contribution in [0.25, 0.3) is 11.5 Å². The SMILES string of the molecule is O=C([O-])C(O)CO.O=C([O-])C(O)CO.[NH-]C1CCCCC1[NH-].[Pt+4]. The van der Waals surface area contributed by atoms with Gasteiger partial charge < -0.3 is 51.7 Å². The Kier molecular flexibility index (Phi) is 19.3. The van der Waals surface area contributed by atoms with Crippen LogP contribution < -0.4 is 10.2 Å². The first-order valence-corrected chi connectivity index (χ1v) is 6.59. The molecule has 1 saturated carbocycles. The number of aliphatic hydroxyl groups excluding tert-OH is 4. The molecule has 10 nitrogen and oxygen atoms in total. The van der Waals surface area contributed by atoms with Crippen LogP contribution in [-0.4, -0.2) is 69.9 Å². The summed E-state index contributed by atoms with van der Waals surface area (Å²) in [6, 6.07) is -0.160. The molecule has 4 atom stereocenters. The first-order chi connectivity index (χ1) is 10.2. The maximum absolute atomic E-state index is 9.41. The topological polar surface area (TPSA) is 209 Å². The third kappa shape index (κ3) is 16.0. The second-order valence-corrected chi connectivity index (χ2v) is 4.53. The molecule has 1 rings (SSSR count). The molecule has 0 aromatic rings. The molecule has 0 aliphatic heterocycles. The third-order valence-corrected chi connectivity index (χ3v) is 2.66. The van der Waals surface area contributed by atoms with Crippen molar-refractivity contribution in [3.05, 3.63) is 11.5 Å². The number of hydrogen-bond acceptors (Lipinski definition) is 8. The van der Waals surface area contributed by atoms with Crippen LogP contribution in [0.15, 0.2) is 0 Å². The first kappa shape index (κ1) is 27.2. The summed E-state index contributed by atoms with van der Waals surface area (Å²) in [4.78, 5) is 18.8. The molecule has 6 N–H and O–H groups in total. The largest absolute Gasteiger partial charge is 4.00 e. The van der Waals surface area contributed by atoms with Crippen LogP contribution in [0.3, 0.4) is 0 Å². The molecule has 1 fully saturated rings. The number of hydrogen-bond donors (Lipinski definition) is 4. The van der Waals surface area contributed by atoms with Gasteiger partial charge in [0.05, 0.1) is 25.2 Å². The molecule has 11 heteroatoms. The Labute approximate surface area is 148 Å². The molecule has 0 spiro atoms. The van der Waals surface area contributed by atoms with E-state index in [2.05, 4.69) is 0 Å². The fourth-order valence-corrected chi connectivity index (χ4v) is 1.28. The van der Waals surface area contributed by atoms with Crippen molar-refractivity contribution in [2.75, 3.05) is 13.2 Å². The van der Waals surface area contributed by atoms with E-state index in [4.69, 9.17) is 31.9 Å². The Morgan fingerprint density at radius 3 is 1.26 bits per heavy atom. The van der Waals surface area contributed by atoms with Crippen molar-refractivity contribution in [2.24, 2.45) is 0 Å². The second kappa shape index (κ2) is 16.3. The molecule has 1 aliphatic carbocycles. The van der Waals surface area contributed by atoms with Gasteiger partial charge in [-0.1, -0.05) is 25.7 Å². The molecule has 1 aliphatic rings. The zero-order valence-electron chi connectivity index (χ0n) is 12.3. The molecule has 0 aromatic carbocycles. The number of carboxylic acid groups (broad SMARTS) is 2. The summed E-state index contributed by atoms with van der Waals surface area (Å²) in [6.07, 6.45) is 0.773. The third-order valence-electron chi connectivity index (χ3n) is 2.66. The van der Waals surface area contributed by atoms with E-state index < -0.39 is 37.4 Å². The van der Waals surface area contributed by atoms with Crippen molar-refractivity contribution in [1.82, 2.24) is 0 Å². The van der Waals surface area contributed by atoms with E-state index in [1.54, 1.807) is 0 Å². The van der Waals surface area contributed by atoms with Gasteiger partial charge in [-0.3, -0.25) is 0 Å². The molecule has 0 bridgehead atoms. The fourth-order valence-electron chi connectivity index (χ4n) is 1.28. The first-order valence-electron chi connectivity index (χ1n) is 6.59. The van der Waals surface area contributed by atoms with Gasteiger partial charge in [-0.05, 0) is 0 Å². The summed E-state index contributed by atoms with van der Waals surface area (Å²) >= 11 is 0. The second-order valence-electron chi connectivity index (χ2n) is 4.53. The smallest absolute Gasteiger partial charge is 0.676 e. The molecule has 4 unspecified atom stereocenters. The summed E-state index contributed by atoms with van der Waals surface area (Å²) in [6.45, 7) is -1.58. The van der Waals surface area contributed by atoms with Gasteiger partial charge in [0.2, 0.25) is 0 Å². The molecular weight excluding hydrogens is 495 g/mol. The van der Waals surface area contributed by atoms with E-state index in [-0.39, 0.29) is 33.1 Å². The van der Waals surface area contributed by atoms with Gasteiger partial charge >= 0.3 is 21.1 Å². The molecule has 0 amide bonds. The van der Waals surface area contributed by atoms with Crippen molar-refractivity contribution in [2.45, 2.75) is 50.0 Å². The minimum absolute atomic E-state index is 0. The van der Waals surface area contributed by atoms with Crippen molar-refractivity contribution >= 4 is 11.9 Å². The summed E-state index contributed by atoms with van der Waals surface area (Å²) in [5, 5.41) is 50.5. The van der Waals surface area contributed by atoms with Crippen LogP contribution in [0, 0.1) is 0 Å². The average molecular weight is 517 g/mol. The van der Waals surface area contributed by atoms with Crippen LogP contribution in [0.5, 0.6) is 0 Å². The average Bonchev–Trinajstić information content (AvgIpc) is 2.49. The number of carbonyl (C=O) groups is 2. The van der Waals surface area contributed by atoms with Crippen LogP contribution in [0.2, 0.25) is 0 Å². The summed E-state index contributed by atoms with van der Waals surface area (Å²) in [5.74, 6) is -3.30. The number of nitrogens with one attached hydrogen (secondary N) is 2. The van der Waals surface area contributed by atoms with Gasteiger partial charge in [-0.25, -0.2) is 0 Å². The Balaban J connectivity index is -0.000000257. The Morgan fingerprint density at radius 2 is 1.17 bits per heavy atom. The Morgan fingerprint density at radius 1 is 0.913 bits per heavy atom. The van der Waals surface area contributed by atoms with Gasteiger partial charge in [0.25, 0.3) is 0 Å². The van der Waals surface area contributed by atoms with Crippen LogP contribution >= 0.6 is 0 Å². The van der Waals surface area contributed by atoms with Gasteiger partial charge in [0.1, 0.15) is 12.2 Å². The molecular formula is C12H22N2O8Pt. The van der Waals surface area contributed by atoms with E-state index in [1.165, 1.54) is 12.8 Å². The van der Waals surface area contributed by atoms with Crippen molar-refractivity contribution in [3.8, 4) is 0 Å². The van der Waals surface area contributed by atoms with Crippen LogP contribution in [0.1, 0.15) is 25.7 Å². The standard InChI is InChI=1S/C6H12N2.2C3H6O4.Pt/c7-5-3-1-2-4-6(5)8;2*4-1-2(5)3(6)7;/h5-8H,1-4H2;2*2,4-5H,1H2,(H,6,7);/q-2;;;+4/p-2. The maximum atomic E-state index is 9.41. The van der Waals surface area contributed by atoms with Crippen LogP contribution in [0.4, 0.5) is 0 Å². The quantitative estimate of drug-likeness (QED) is 0.294. The number of aliphatic carboxylic acids is 2. The Hall–Kier alpha value is -0.612. The Bertz CT molecular complexity index is 291. The predicted octanol–water partition coefficient (Wildman–Crippen LogP) is -3.42. The van der Waals surface area contributed by atoms with Crippen LogP contribution in [-0.2, 0) is 30.7 Å². The summed E-state index contributed by atoms with van der Waals surface area (Å²) in [5.41, 5.74) is 14.6.